The van der Waals surface area contributed by atoms with Crippen molar-refractivity contribution in [2.75, 3.05) is 32.8 Å². The second-order valence-corrected chi connectivity index (χ2v) is 15.1. The van der Waals surface area contributed by atoms with Crippen LogP contribution in [0.1, 0.15) is 34.0 Å². The van der Waals surface area contributed by atoms with Gasteiger partial charge < -0.3 is 44.7 Å². The van der Waals surface area contributed by atoms with Crippen molar-refractivity contribution in [2.24, 2.45) is 0 Å². The van der Waals surface area contributed by atoms with Crippen LogP contribution in [0.25, 0.3) is 0 Å². The molecule has 0 amide bonds. The Balaban J connectivity index is 1.81. The molecule has 19 heteroatoms. The third kappa shape index (κ3) is 10.7. The molecule has 0 saturated heterocycles. The molecule has 3 atom stereocenters. The van der Waals surface area contributed by atoms with Crippen LogP contribution in [0.2, 0.25) is 0 Å². The molecule has 0 saturated carbocycles. The maximum atomic E-state index is 12.4. The van der Waals surface area contributed by atoms with Gasteiger partial charge in [-0.15, -0.1) is 0 Å². The molecule has 0 aromatic heterocycles. The molecule has 0 bridgehead atoms. The van der Waals surface area contributed by atoms with Gasteiger partial charge in [0.05, 0.1) is 0 Å². The first-order valence-electron chi connectivity index (χ1n) is 13.4. The average molecular weight is 691 g/mol. The van der Waals surface area contributed by atoms with Gasteiger partial charge in [-0.1, -0.05) is 54.6 Å². The predicted octanol–water partition coefficient (Wildman–Crippen LogP) is 1.76. The predicted molar refractivity (Wildman–Crippen MR) is 164 cm³/mol. The van der Waals surface area contributed by atoms with Gasteiger partial charge in [0.25, 0.3) is 0 Å². The molecular weight excluding hydrogens is 653 g/mol. The first-order chi connectivity index (χ1) is 21.0. The number of phenols is 3. The summed E-state index contributed by atoms with van der Waals surface area (Å²) in [6, 6.07) is 16.7. The van der Waals surface area contributed by atoms with E-state index in [1.807, 2.05) is 0 Å². The van der Waals surface area contributed by atoms with Crippen LogP contribution in [0.15, 0.2) is 72.8 Å². The van der Waals surface area contributed by atoms with Crippen LogP contribution < -0.4 is 16.0 Å². The highest BCUT2D eigenvalue weighted by Crippen LogP contribution is 2.53. The van der Waals surface area contributed by atoms with Gasteiger partial charge in [-0.2, -0.15) is 0 Å². The normalized spacial score (nSPS) is 14.7. The molecule has 0 aliphatic heterocycles. The number of hydrogen-bond donors (Lipinski definition) is 12. The Labute approximate surface area is 258 Å². The highest BCUT2D eigenvalue weighted by molar-refractivity contribution is 7.52. The molecule has 0 heterocycles. The lowest BCUT2D eigenvalue weighted by Crippen LogP contribution is -2.43. The van der Waals surface area contributed by atoms with E-state index in [1.165, 1.54) is 77.7 Å². The molecule has 0 aliphatic rings. The molecule has 0 spiro atoms. The van der Waals surface area contributed by atoms with Crippen molar-refractivity contribution >= 4 is 22.8 Å². The average Bonchev–Trinajstić information content (AvgIpc) is 2.93. The van der Waals surface area contributed by atoms with Crippen LogP contribution in [0.3, 0.4) is 0 Å². The Morgan fingerprint density at radius 1 is 0.511 bits per heavy atom. The maximum Gasteiger partial charge on any atom is 0.347 e. The summed E-state index contributed by atoms with van der Waals surface area (Å²) in [4.78, 5) is 61.4. The van der Waals surface area contributed by atoms with Crippen molar-refractivity contribution in [1.29, 1.82) is 0 Å². The molecule has 16 nitrogen and oxygen atoms in total. The third-order valence-corrected chi connectivity index (χ3v) is 10.1. The van der Waals surface area contributed by atoms with Crippen LogP contribution in [-0.2, 0) is 13.7 Å². The summed E-state index contributed by atoms with van der Waals surface area (Å²) in [6.45, 7) is -0.550. The van der Waals surface area contributed by atoms with Crippen LogP contribution in [0.4, 0.5) is 0 Å². The zero-order valence-electron chi connectivity index (χ0n) is 23.7. The first-order valence-corrected chi connectivity index (χ1v) is 18.5. The Hall–Kier alpha value is -2.65. The Bertz CT molecular complexity index is 1490. The van der Waals surface area contributed by atoms with Crippen molar-refractivity contribution in [1.82, 2.24) is 20.9 Å². The molecule has 0 aliphatic carbocycles. The van der Waals surface area contributed by atoms with Crippen LogP contribution in [0.5, 0.6) is 17.2 Å². The molecule has 45 heavy (non-hydrogen) atoms. The quantitative estimate of drug-likeness (QED) is 0.0710. The number of aromatic hydroxyl groups is 3. The van der Waals surface area contributed by atoms with Gasteiger partial charge in [0.1, 0.15) is 34.6 Å². The number of rotatable bonds is 17. The Morgan fingerprint density at radius 2 is 0.800 bits per heavy atom. The van der Waals surface area contributed by atoms with Gasteiger partial charge >= 0.3 is 22.8 Å². The van der Waals surface area contributed by atoms with E-state index in [-0.39, 0.29) is 66.8 Å². The van der Waals surface area contributed by atoms with Crippen LogP contribution >= 0.6 is 22.8 Å². The number of nitrogens with one attached hydrogen (secondary N) is 3. The van der Waals surface area contributed by atoms with Gasteiger partial charge in [-0.3, -0.25) is 34.5 Å². The highest BCUT2D eigenvalue weighted by Gasteiger charge is 2.35. The first kappa shape index (κ1) is 36.8. The topological polar surface area (TPSA) is 273 Å². The summed E-state index contributed by atoms with van der Waals surface area (Å²) in [5.41, 5.74) is -0.180. The lowest BCUT2D eigenvalue weighted by Gasteiger charge is -2.29. The number of nitrogens with zero attached hydrogens (tertiary/aromatic N) is 1. The molecule has 3 aromatic carbocycles. The van der Waals surface area contributed by atoms with Crippen molar-refractivity contribution in [2.45, 2.75) is 17.3 Å². The minimum absolute atomic E-state index is 0.0232. The minimum Gasteiger partial charge on any atom is -0.508 e. The fourth-order valence-electron chi connectivity index (χ4n) is 4.59. The second kappa shape index (κ2) is 15.8. The van der Waals surface area contributed by atoms with Crippen molar-refractivity contribution in [3.05, 3.63) is 89.5 Å². The van der Waals surface area contributed by atoms with Crippen LogP contribution in [-0.4, -0.2) is 82.4 Å². The summed E-state index contributed by atoms with van der Waals surface area (Å²) in [6.07, 6.45) is 0. The minimum atomic E-state index is -4.89. The standard InChI is InChI=1S/C26H37N4O12P3/c31-21-10-4-1-7-18(21)24(43(34,35)36)27-13-15-30(17-29-26(45(40,41)42)20-9-3-6-12-23(20)33)16-14-28-25(44(37,38)39)19-8-2-5-11-22(19)32/h1-12,24-29,31-33H,13-17H2,(H2,34,35,36)(H2,37,38,39)(H2,40,41,42). The number of benzene rings is 3. The second-order valence-electron chi connectivity index (χ2n) is 10.0. The third-order valence-electron chi connectivity index (χ3n) is 6.74. The zero-order valence-corrected chi connectivity index (χ0v) is 26.4. The van der Waals surface area contributed by atoms with E-state index < -0.39 is 40.1 Å². The summed E-state index contributed by atoms with van der Waals surface area (Å²) in [5, 5.41) is 38.6. The summed E-state index contributed by atoms with van der Waals surface area (Å²) in [5.74, 6) is -5.88. The van der Waals surface area contributed by atoms with Crippen molar-refractivity contribution < 1.29 is 58.4 Å². The number of phenolic OH excluding ortho intramolecular Hbond substituents is 3. The largest absolute Gasteiger partial charge is 0.508 e. The molecule has 12 N–H and O–H groups in total. The SMILES string of the molecule is O=P(O)(O)C(NCCN(CCNC(c1ccccc1O)P(=O)(O)O)CNC(c1ccccc1O)P(=O)(O)O)c1ccccc1O. The molecule has 0 fully saturated rings. The molecule has 3 rings (SSSR count). The van der Waals surface area contributed by atoms with E-state index in [0.717, 1.165) is 0 Å². The fourth-order valence-corrected chi connectivity index (χ4v) is 7.39. The van der Waals surface area contributed by atoms with Gasteiger partial charge in [0.2, 0.25) is 0 Å². The Kier molecular flexibility index (Phi) is 12.9. The monoisotopic (exact) mass is 690 g/mol. The molecular formula is C26H37N4O12P3. The summed E-state index contributed by atoms with van der Waals surface area (Å²) >= 11 is 0. The van der Waals surface area contributed by atoms with Crippen LogP contribution in [0, 0.1) is 0 Å². The van der Waals surface area contributed by atoms with E-state index in [9.17, 15) is 58.4 Å². The smallest absolute Gasteiger partial charge is 0.347 e. The number of hydrogen-bond acceptors (Lipinski definition) is 10. The van der Waals surface area contributed by atoms with E-state index in [4.69, 9.17) is 0 Å². The lowest BCUT2D eigenvalue weighted by molar-refractivity contribution is 0.235. The molecule has 248 valence electrons. The molecule has 0 radical (unpaired) electrons. The lowest BCUT2D eigenvalue weighted by atomic mass is 10.2. The van der Waals surface area contributed by atoms with E-state index >= 15 is 0 Å². The van der Waals surface area contributed by atoms with Gasteiger partial charge in [0.15, 0.2) is 0 Å². The van der Waals surface area contributed by atoms with Gasteiger partial charge in [-0.05, 0) is 18.2 Å². The fraction of sp³-hybridized carbons (Fsp3) is 0.308. The van der Waals surface area contributed by atoms with E-state index in [0.29, 0.717) is 0 Å². The van der Waals surface area contributed by atoms with Gasteiger partial charge in [0, 0.05) is 49.5 Å². The van der Waals surface area contributed by atoms with E-state index in [2.05, 4.69) is 16.0 Å². The Morgan fingerprint density at radius 3 is 1.09 bits per heavy atom. The van der Waals surface area contributed by atoms with Crippen molar-refractivity contribution in [3.8, 4) is 17.2 Å². The van der Waals surface area contributed by atoms with E-state index in [1.54, 1.807) is 0 Å². The zero-order chi connectivity index (χ0) is 33.4. The number of para-hydroxylation sites is 3. The molecule has 3 unspecified atom stereocenters. The van der Waals surface area contributed by atoms with Gasteiger partial charge in [-0.25, -0.2) is 0 Å². The maximum absolute atomic E-state index is 12.4. The summed E-state index contributed by atoms with van der Waals surface area (Å²) < 4.78 is 36.9. The highest BCUT2D eigenvalue weighted by atomic mass is 31.2. The van der Waals surface area contributed by atoms with Crippen molar-refractivity contribution in [3.63, 3.8) is 0 Å². The summed E-state index contributed by atoms with van der Waals surface area (Å²) in [7, 11) is -14.6. The molecule has 3 aromatic rings.